The van der Waals surface area contributed by atoms with Crippen LogP contribution in [-0.2, 0) is 30.5 Å². The van der Waals surface area contributed by atoms with Crippen molar-refractivity contribution < 1.29 is 42.5 Å². The van der Waals surface area contributed by atoms with Crippen LogP contribution in [0.5, 0.6) is 11.5 Å². The molecule has 2 aromatic carbocycles. The fourth-order valence-corrected chi connectivity index (χ4v) is 4.99. The molecule has 0 saturated carbocycles. The van der Waals surface area contributed by atoms with Crippen molar-refractivity contribution in [2.24, 2.45) is 0 Å². The van der Waals surface area contributed by atoms with Crippen LogP contribution < -0.4 is 20.2 Å². The maximum atomic E-state index is 15.4. The number of ether oxygens (including phenoxy) is 5. The van der Waals surface area contributed by atoms with E-state index in [0.717, 1.165) is 0 Å². The number of methoxy groups -OCH3 is 1. The van der Waals surface area contributed by atoms with Crippen molar-refractivity contribution in [3.8, 4) is 22.6 Å². The molecule has 0 aliphatic heterocycles. The summed E-state index contributed by atoms with van der Waals surface area (Å²) in [6.07, 6.45) is 3.40. The van der Waals surface area contributed by atoms with Crippen molar-refractivity contribution in [1.29, 1.82) is 0 Å². The first-order valence-electron chi connectivity index (χ1n) is 16.5. The zero-order valence-corrected chi connectivity index (χ0v) is 29.8. The number of fused-ring (bicyclic) bond motifs is 1. The molecule has 3 aromatic rings. The molecule has 0 radical (unpaired) electrons. The van der Waals surface area contributed by atoms with Crippen LogP contribution in [0.25, 0.3) is 22.0 Å². The Morgan fingerprint density at radius 3 is 2.20 bits per heavy atom. The number of carbonyl (C=O) groups excluding carboxylic acids is 3. The molecule has 12 heteroatoms. The van der Waals surface area contributed by atoms with E-state index >= 15 is 4.39 Å². The first-order valence-corrected chi connectivity index (χ1v) is 16.5. The lowest BCUT2D eigenvalue weighted by atomic mass is 10.0. The maximum absolute atomic E-state index is 15.4. The molecule has 3 rings (SSSR count). The molecule has 0 saturated heterocycles. The minimum atomic E-state index is -1.09. The number of nitrogens with one attached hydrogen (secondary N) is 1. The van der Waals surface area contributed by atoms with Gasteiger partial charge in [-0.15, -0.1) is 0 Å². The quantitative estimate of drug-likeness (QED) is 0.0996. The summed E-state index contributed by atoms with van der Waals surface area (Å²) in [4.78, 5) is 52.0. The van der Waals surface area contributed by atoms with Crippen molar-refractivity contribution >= 4 is 28.9 Å². The number of esters is 2. The fourth-order valence-electron chi connectivity index (χ4n) is 4.99. The zero-order valence-electron chi connectivity index (χ0n) is 29.8. The maximum Gasteiger partial charge on any atom is 0.408 e. The van der Waals surface area contributed by atoms with E-state index in [9.17, 15) is 19.2 Å². The predicted octanol–water partition coefficient (Wildman–Crippen LogP) is 7.29. The van der Waals surface area contributed by atoms with Gasteiger partial charge in [0.05, 0.1) is 19.1 Å². The highest BCUT2D eigenvalue weighted by Gasteiger charge is 2.27. The Morgan fingerprint density at radius 2 is 1.59 bits per heavy atom. The van der Waals surface area contributed by atoms with Gasteiger partial charge in [0.1, 0.15) is 40.1 Å². The highest BCUT2D eigenvalue weighted by molar-refractivity contribution is 5.89. The second kappa shape index (κ2) is 17.2. The molecule has 0 fully saturated rings. The minimum absolute atomic E-state index is 0.127. The topological polar surface area (TPSA) is 131 Å². The third-order valence-electron chi connectivity index (χ3n) is 7.11. The summed E-state index contributed by atoms with van der Waals surface area (Å²) in [5, 5.41) is 2.38. The highest BCUT2D eigenvalue weighted by Crippen LogP contribution is 2.30. The summed E-state index contributed by atoms with van der Waals surface area (Å²) in [7, 11) is 1.52. The van der Waals surface area contributed by atoms with Gasteiger partial charge in [-0.3, -0.25) is 9.59 Å². The number of halogens is 1. The molecule has 0 unspecified atom stereocenters. The number of hydrogen-bond acceptors (Lipinski definition) is 9. The Bertz CT molecular complexity index is 1650. The number of pyridine rings is 1. The van der Waals surface area contributed by atoms with Gasteiger partial charge in [-0.25, -0.2) is 14.0 Å². The first kappa shape index (κ1) is 38.8. The average Bonchev–Trinajstić information content (AvgIpc) is 3.01. The molecule has 0 bridgehead atoms. The number of rotatable bonds is 15. The Hall–Kier alpha value is -4.61. The number of benzene rings is 2. The number of hydrogen-bond donors (Lipinski definition) is 1. The Labute approximate surface area is 287 Å². The van der Waals surface area contributed by atoms with E-state index in [-0.39, 0.29) is 41.0 Å². The molecule has 1 aromatic heterocycles. The zero-order chi connectivity index (χ0) is 36.4. The monoisotopic (exact) mass is 684 g/mol. The lowest BCUT2D eigenvalue weighted by molar-refractivity contribution is -0.155. The fraction of sp³-hybridized carbons (Fsp3) is 0.514. The van der Waals surface area contributed by atoms with E-state index < -0.39 is 47.3 Å². The summed E-state index contributed by atoms with van der Waals surface area (Å²) in [6, 6.07) is 8.24. The summed E-state index contributed by atoms with van der Waals surface area (Å²) >= 11 is 0. The Balaban J connectivity index is 1.91. The molecule has 0 aliphatic rings. The van der Waals surface area contributed by atoms with E-state index in [4.69, 9.17) is 23.7 Å². The van der Waals surface area contributed by atoms with Gasteiger partial charge < -0.3 is 33.6 Å². The molecular formula is C37H49FN2O9. The molecular weight excluding hydrogens is 635 g/mol. The van der Waals surface area contributed by atoms with Crippen LogP contribution in [-0.4, -0.2) is 53.6 Å². The lowest BCUT2D eigenvalue weighted by Gasteiger charge is -2.23. The second-order valence-corrected chi connectivity index (χ2v) is 13.7. The van der Waals surface area contributed by atoms with Crippen LogP contribution in [0.4, 0.5) is 9.18 Å². The van der Waals surface area contributed by atoms with Gasteiger partial charge in [-0.1, -0.05) is 31.9 Å². The van der Waals surface area contributed by atoms with Crippen LogP contribution in [0.15, 0.2) is 47.4 Å². The van der Waals surface area contributed by atoms with E-state index in [1.54, 1.807) is 65.8 Å². The number of unbranched alkanes of at least 4 members (excludes halogenated alkanes) is 2. The predicted molar refractivity (Wildman–Crippen MR) is 184 cm³/mol. The molecule has 0 aliphatic carbocycles. The summed E-state index contributed by atoms with van der Waals surface area (Å²) in [5.41, 5.74) is -1.14. The van der Waals surface area contributed by atoms with Gasteiger partial charge in [0.25, 0.3) is 0 Å². The molecule has 1 N–H and O–H groups in total. The smallest absolute Gasteiger partial charge is 0.408 e. The van der Waals surface area contributed by atoms with Gasteiger partial charge in [0.15, 0.2) is 12.2 Å². The number of amides is 1. The highest BCUT2D eigenvalue weighted by atomic mass is 19.1. The molecule has 1 amide bonds. The lowest BCUT2D eigenvalue weighted by Crippen LogP contribution is -2.44. The summed E-state index contributed by atoms with van der Waals surface area (Å²) in [6.45, 7) is 12.3. The van der Waals surface area contributed by atoms with Gasteiger partial charge >= 0.3 is 18.0 Å². The number of carbonyl (C=O) groups is 3. The Kier molecular flexibility index (Phi) is 13.6. The molecule has 49 heavy (non-hydrogen) atoms. The third kappa shape index (κ3) is 11.8. The second-order valence-electron chi connectivity index (χ2n) is 13.7. The van der Waals surface area contributed by atoms with Crippen LogP contribution >= 0.6 is 0 Å². The van der Waals surface area contributed by atoms with Gasteiger partial charge in [0.2, 0.25) is 0 Å². The van der Waals surface area contributed by atoms with Crippen molar-refractivity contribution in [3.05, 3.63) is 58.6 Å². The standard InChI is InChI=1S/C37H49FN2O9/c1-9-21-46-29-20-19-27(38)31-32(29)40(22-26(33(31)42)24-15-17-25(45-8)18-16-24)23-47-34(43)28(39-35(44)49-37(5,6)7)13-11-10-12-14-30(41)48-36(2,3)4/h15-20,22,28H,9-14,21,23H2,1-8H3,(H,39,44)/t28-/m0/s1. The van der Waals surface area contributed by atoms with Crippen molar-refractivity contribution in [2.75, 3.05) is 13.7 Å². The molecule has 268 valence electrons. The van der Waals surface area contributed by atoms with Crippen LogP contribution in [0.3, 0.4) is 0 Å². The molecule has 11 nitrogen and oxygen atoms in total. The number of alkyl carbamates (subject to hydrolysis) is 1. The van der Waals surface area contributed by atoms with Crippen LogP contribution in [0, 0.1) is 5.82 Å². The van der Waals surface area contributed by atoms with Crippen molar-refractivity contribution in [2.45, 2.75) is 111 Å². The van der Waals surface area contributed by atoms with E-state index in [0.29, 0.717) is 43.6 Å². The van der Waals surface area contributed by atoms with Crippen molar-refractivity contribution in [3.63, 3.8) is 0 Å². The summed E-state index contributed by atoms with van der Waals surface area (Å²) in [5.74, 6) is -0.996. The third-order valence-corrected chi connectivity index (χ3v) is 7.11. The van der Waals surface area contributed by atoms with E-state index in [2.05, 4.69) is 5.32 Å². The average molecular weight is 685 g/mol. The van der Waals surface area contributed by atoms with Gasteiger partial charge in [-0.05, 0) is 90.6 Å². The van der Waals surface area contributed by atoms with E-state index in [1.807, 2.05) is 6.92 Å². The summed E-state index contributed by atoms with van der Waals surface area (Å²) < 4.78 is 44.4. The first-order chi connectivity index (χ1) is 23.0. The molecule has 0 spiro atoms. The normalized spacial score (nSPS) is 12.3. The van der Waals surface area contributed by atoms with Crippen LogP contribution in [0.2, 0.25) is 0 Å². The van der Waals surface area contributed by atoms with Crippen molar-refractivity contribution in [1.82, 2.24) is 9.88 Å². The molecule has 1 atom stereocenters. The molecule has 1 heterocycles. The van der Waals surface area contributed by atoms with E-state index in [1.165, 1.54) is 30.0 Å². The number of nitrogens with zero attached hydrogens (tertiary/aromatic N) is 1. The minimum Gasteiger partial charge on any atom is -0.497 e. The van der Waals surface area contributed by atoms with Gasteiger partial charge in [0, 0.05) is 18.2 Å². The number of aromatic nitrogens is 1. The largest absolute Gasteiger partial charge is 0.497 e. The SMILES string of the molecule is CCCOc1ccc(F)c2c(=O)c(-c3ccc(OC)cc3)cn(COC(=O)[C@H](CCCCCC(=O)OC(C)(C)C)NC(=O)OC(C)(C)C)c12. The van der Waals surface area contributed by atoms with Gasteiger partial charge in [-0.2, -0.15) is 0 Å². The Morgan fingerprint density at radius 1 is 0.918 bits per heavy atom. The van der Waals surface area contributed by atoms with Crippen LogP contribution in [0.1, 0.15) is 87.0 Å².